The van der Waals surface area contributed by atoms with Gasteiger partial charge in [0.1, 0.15) is 5.82 Å². The van der Waals surface area contributed by atoms with Crippen LogP contribution in [0.15, 0.2) is 42.5 Å². The van der Waals surface area contributed by atoms with Gasteiger partial charge in [0.15, 0.2) is 0 Å². The molecule has 0 fully saturated rings. The molecule has 2 rings (SSSR count). The minimum Gasteiger partial charge on any atom is -0.313 e. The molecular formula is C16H15F4N. The summed E-state index contributed by atoms with van der Waals surface area (Å²) in [5.74, 6) is -1.26. The zero-order valence-corrected chi connectivity index (χ0v) is 11.6. The molecule has 0 aromatic heterocycles. The van der Waals surface area contributed by atoms with Crippen LogP contribution < -0.4 is 5.32 Å². The first-order chi connectivity index (χ1) is 9.82. The molecule has 0 aliphatic rings. The monoisotopic (exact) mass is 297 g/mol. The van der Waals surface area contributed by atoms with Crippen molar-refractivity contribution in [1.29, 1.82) is 0 Å². The Morgan fingerprint density at radius 3 is 2.29 bits per heavy atom. The van der Waals surface area contributed by atoms with Crippen LogP contribution in [0.2, 0.25) is 0 Å². The van der Waals surface area contributed by atoms with E-state index in [1.807, 2.05) is 13.0 Å². The molecule has 0 spiro atoms. The van der Waals surface area contributed by atoms with Crippen LogP contribution in [-0.4, -0.2) is 7.05 Å². The molecule has 1 unspecified atom stereocenters. The lowest BCUT2D eigenvalue weighted by atomic mass is 9.98. The van der Waals surface area contributed by atoms with E-state index in [1.165, 1.54) is 6.07 Å². The Kier molecular flexibility index (Phi) is 4.32. The van der Waals surface area contributed by atoms with Crippen molar-refractivity contribution in [2.24, 2.45) is 0 Å². The molecule has 0 radical (unpaired) electrons. The van der Waals surface area contributed by atoms with E-state index in [0.717, 1.165) is 17.7 Å². The maximum atomic E-state index is 13.3. The summed E-state index contributed by atoms with van der Waals surface area (Å²) in [5, 5.41) is 3.06. The summed E-state index contributed by atoms with van der Waals surface area (Å²) in [4.78, 5) is 0. The Bertz CT molecular complexity index is 634. The summed E-state index contributed by atoms with van der Waals surface area (Å²) in [6, 6.07) is 10.3. The average molecular weight is 297 g/mol. The predicted octanol–water partition coefficient (Wildman–Crippen LogP) is 4.79. The van der Waals surface area contributed by atoms with Crippen molar-refractivity contribution in [2.45, 2.75) is 19.1 Å². The van der Waals surface area contributed by atoms with Crippen LogP contribution in [-0.2, 0) is 6.18 Å². The number of nitrogens with one attached hydrogen (secondary N) is 1. The van der Waals surface area contributed by atoms with Gasteiger partial charge in [0.05, 0.1) is 5.56 Å². The fraction of sp³-hybridized carbons (Fsp3) is 0.250. The summed E-state index contributed by atoms with van der Waals surface area (Å²) in [6.45, 7) is 1.95. The van der Waals surface area contributed by atoms with Gasteiger partial charge in [-0.05, 0) is 48.9 Å². The Balaban J connectivity index is 2.48. The second kappa shape index (κ2) is 5.85. The third-order valence-corrected chi connectivity index (χ3v) is 3.42. The second-order valence-corrected chi connectivity index (χ2v) is 4.83. The highest BCUT2D eigenvalue weighted by Gasteiger charge is 2.34. The van der Waals surface area contributed by atoms with Crippen LogP contribution >= 0.6 is 0 Å². The highest BCUT2D eigenvalue weighted by atomic mass is 19.4. The summed E-state index contributed by atoms with van der Waals surface area (Å²) < 4.78 is 51.6. The molecule has 0 amide bonds. The lowest BCUT2D eigenvalue weighted by molar-refractivity contribution is -0.139. The van der Waals surface area contributed by atoms with Crippen molar-refractivity contribution in [2.75, 3.05) is 7.05 Å². The number of rotatable bonds is 3. The number of hydrogen-bond acceptors (Lipinski definition) is 1. The summed E-state index contributed by atoms with van der Waals surface area (Å²) in [5.41, 5.74) is 0.675. The predicted molar refractivity (Wildman–Crippen MR) is 74.3 cm³/mol. The molecule has 1 atom stereocenters. The summed E-state index contributed by atoms with van der Waals surface area (Å²) >= 11 is 0. The lowest BCUT2D eigenvalue weighted by Gasteiger charge is -2.13. The van der Waals surface area contributed by atoms with Gasteiger partial charge in [-0.15, -0.1) is 0 Å². The highest BCUT2D eigenvalue weighted by molar-refractivity contribution is 5.65. The molecule has 1 nitrogen and oxygen atoms in total. The zero-order valence-electron chi connectivity index (χ0n) is 11.6. The second-order valence-electron chi connectivity index (χ2n) is 4.83. The van der Waals surface area contributed by atoms with Crippen molar-refractivity contribution in [3.05, 3.63) is 59.4 Å². The van der Waals surface area contributed by atoms with Crippen molar-refractivity contribution < 1.29 is 17.6 Å². The van der Waals surface area contributed by atoms with Crippen molar-refractivity contribution in [3.63, 3.8) is 0 Å². The third kappa shape index (κ3) is 3.42. The quantitative estimate of drug-likeness (QED) is 0.803. The van der Waals surface area contributed by atoms with Crippen molar-refractivity contribution >= 4 is 0 Å². The van der Waals surface area contributed by atoms with Crippen LogP contribution in [0.1, 0.15) is 24.1 Å². The summed E-state index contributed by atoms with van der Waals surface area (Å²) in [7, 11) is 1.80. The summed E-state index contributed by atoms with van der Waals surface area (Å²) in [6.07, 6.45) is -4.70. The van der Waals surface area contributed by atoms with Gasteiger partial charge >= 0.3 is 6.18 Å². The van der Waals surface area contributed by atoms with Gasteiger partial charge < -0.3 is 5.32 Å². The molecule has 5 heteroatoms. The Morgan fingerprint density at radius 1 is 1.00 bits per heavy atom. The van der Waals surface area contributed by atoms with Gasteiger partial charge in [0.25, 0.3) is 0 Å². The molecule has 21 heavy (non-hydrogen) atoms. The van der Waals surface area contributed by atoms with Gasteiger partial charge in [0, 0.05) is 6.04 Å². The van der Waals surface area contributed by atoms with Crippen LogP contribution in [0.3, 0.4) is 0 Å². The highest BCUT2D eigenvalue weighted by Crippen LogP contribution is 2.34. The first-order valence-electron chi connectivity index (χ1n) is 6.47. The Labute approximate surface area is 120 Å². The first kappa shape index (κ1) is 15.5. The van der Waals surface area contributed by atoms with Crippen LogP contribution in [0.5, 0.6) is 0 Å². The smallest absolute Gasteiger partial charge is 0.313 e. The number of halogens is 4. The molecular weight excluding hydrogens is 282 g/mol. The minimum absolute atomic E-state index is 0.0764. The van der Waals surface area contributed by atoms with Crippen LogP contribution in [0.4, 0.5) is 17.6 Å². The van der Waals surface area contributed by atoms with Crippen LogP contribution in [0, 0.1) is 5.82 Å². The fourth-order valence-corrected chi connectivity index (χ4v) is 2.08. The topological polar surface area (TPSA) is 12.0 Å². The molecule has 0 saturated carbocycles. The normalized spacial score (nSPS) is 13.2. The van der Waals surface area contributed by atoms with Gasteiger partial charge in [-0.25, -0.2) is 4.39 Å². The van der Waals surface area contributed by atoms with E-state index >= 15 is 0 Å². The van der Waals surface area contributed by atoms with E-state index < -0.39 is 17.6 Å². The molecule has 2 aromatic rings. The van der Waals surface area contributed by atoms with E-state index in [4.69, 9.17) is 0 Å². The maximum Gasteiger partial charge on any atom is 0.419 e. The van der Waals surface area contributed by atoms with Gasteiger partial charge in [-0.3, -0.25) is 0 Å². The largest absolute Gasteiger partial charge is 0.419 e. The minimum atomic E-state index is -4.70. The van der Waals surface area contributed by atoms with Gasteiger partial charge in [-0.1, -0.05) is 24.3 Å². The van der Waals surface area contributed by atoms with Crippen molar-refractivity contribution in [1.82, 2.24) is 5.32 Å². The van der Waals surface area contributed by atoms with Gasteiger partial charge in [0.2, 0.25) is 0 Å². The molecule has 0 heterocycles. The average Bonchev–Trinajstić information content (AvgIpc) is 2.46. The van der Waals surface area contributed by atoms with E-state index in [0.29, 0.717) is 11.1 Å². The standard InChI is InChI=1S/C16H15F4N/c1-10(21-2)11-4-3-5-12(8-11)13-6-7-15(17)14(9-13)16(18,19)20/h3-10,21H,1-2H3. The van der Waals surface area contributed by atoms with E-state index in [-0.39, 0.29) is 6.04 Å². The molecule has 0 saturated heterocycles. The molecule has 0 aliphatic carbocycles. The van der Waals surface area contributed by atoms with E-state index in [2.05, 4.69) is 5.32 Å². The van der Waals surface area contributed by atoms with Crippen LogP contribution in [0.25, 0.3) is 11.1 Å². The Hall–Kier alpha value is -1.88. The molecule has 0 bridgehead atoms. The Morgan fingerprint density at radius 2 is 1.67 bits per heavy atom. The van der Waals surface area contributed by atoms with Gasteiger partial charge in [-0.2, -0.15) is 13.2 Å². The number of benzene rings is 2. The maximum absolute atomic E-state index is 13.3. The number of hydrogen-bond donors (Lipinski definition) is 1. The number of alkyl halides is 3. The third-order valence-electron chi connectivity index (χ3n) is 3.42. The van der Waals surface area contributed by atoms with Crippen molar-refractivity contribution in [3.8, 4) is 11.1 Å². The zero-order chi connectivity index (χ0) is 15.6. The molecule has 0 aliphatic heterocycles. The fourth-order valence-electron chi connectivity index (χ4n) is 2.08. The molecule has 112 valence electrons. The molecule has 1 N–H and O–H groups in total. The lowest BCUT2D eigenvalue weighted by Crippen LogP contribution is -2.12. The first-order valence-corrected chi connectivity index (χ1v) is 6.47. The van der Waals surface area contributed by atoms with E-state index in [1.54, 1.807) is 25.2 Å². The SMILES string of the molecule is CNC(C)c1cccc(-c2ccc(F)c(C(F)(F)F)c2)c1. The molecule has 2 aromatic carbocycles. The van der Waals surface area contributed by atoms with E-state index in [9.17, 15) is 17.6 Å².